The van der Waals surface area contributed by atoms with Crippen molar-refractivity contribution in [2.24, 2.45) is 0 Å². The number of ether oxygens (including phenoxy) is 1. The van der Waals surface area contributed by atoms with Gasteiger partial charge in [0.25, 0.3) is 0 Å². The summed E-state index contributed by atoms with van der Waals surface area (Å²) in [4.78, 5) is 0. The second-order valence-corrected chi connectivity index (χ2v) is 7.20. The first kappa shape index (κ1) is 15.8. The third-order valence-electron chi connectivity index (χ3n) is 5.33. The minimum absolute atomic E-state index is 0.201. The quantitative estimate of drug-likeness (QED) is 0.869. The smallest absolute Gasteiger partial charge is 0.115 e. The minimum atomic E-state index is 0.201. The summed E-state index contributed by atoms with van der Waals surface area (Å²) >= 11 is 0. The zero-order valence-corrected chi connectivity index (χ0v) is 13.7. The lowest BCUT2D eigenvalue weighted by atomic mass is 9.88. The summed E-state index contributed by atoms with van der Waals surface area (Å²) in [6, 6.07) is 8.72. The lowest BCUT2D eigenvalue weighted by Crippen LogP contribution is -2.48. The fourth-order valence-electron chi connectivity index (χ4n) is 4.07. The van der Waals surface area contributed by atoms with Crippen molar-refractivity contribution in [1.82, 2.24) is 5.32 Å². The highest BCUT2D eigenvalue weighted by Gasteiger charge is 2.39. The molecule has 1 aliphatic carbocycles. The molecule has 122 valence electrons. The lowest BCUT2D eigenvalue weighted by molar-refractivity contribution is -0.0846. The molecule has 3 nitrogen and oxygen atoms in total. The lowest BCUT2D eigenvalue weighted by Gasteiger charge is -2.39. The number of aromatic hydroxyl groups is 1. The van der Waals surface area contributed by atoms with Crippen LogP contribution in [0.3, 0.4) is 0 Å². The van der Waals surface area contributed by atoms with Crippen molar-refractivity contribution < 1.29 is 9.84 Å². The average molecular weight is 303 g/mol. The molecule has 0 radical (unpaired) electrons. The van der Waals surface area contributed by atoms with Crippen molar-refractivity contribution in [3.8, 4) is 5.75 Å². The summed E-state index contributed by atoms with van der Waals surface area (Å²) in [6.45, 7) is 3.21. The van der Waals surface area contributed by atoms with Crippen molar-refractivity contribution in [3.63, 3.8) is 0 Å². The van der Waals surface area contributed by atoms with Gasteiger partial charge in [0.15, 0.2) is 0 Å². The van der Waals surface area contributed by atoms with E-state index in [0.29, 0.717) is 17.8 Å². The molecule has 0 aromatic heterocycles. The summed E-state index contributed by atoms with van der Waals surface area (Å²) in [7, 11) is 0. The highest BCUT2D eigenvalue weighted by Crippen LogP contribution is 2.40. The maximum atomic E-state index is 9.33. The zero-order chi connectivity index (χ0) is 15.4. The minimum Gasteiger partial charge on any atom is -0.508 e. The average Bonchev–Trinajstić information content (AvgIpc) is 2.94. The van der Waals surface area contributed by atoms with E-state index in [4.69, 9.17) is 4.74 Å². The molecule has 2 N–H and O–H groups in total. The van der Waals surface area contributed by atoms with Crippen molar-refractivity contribution in [1.29, 1.82) is 0 Å². The van der Waals surface area contributed by atoms with Gasteiger partial charge in [0.1, 0.15) is 5.75 Å². The maximum Gasteiger partial charge on any atom is 0.115 e. The number of benzene rings is 1. The first-order chi connectivity index (χ1) is 10.7. The monoisotopic (exact) mass is 303 g/mol. The van der Waals surface area contributed by atoms with Gasteiger partial charge in [-0.15, -0.1) is 0 Å². The molecule has 0 unspecified atom stereocenters. The Morgan fingerprint density at radius 2 is 2.00 bits per heavy atom. The number of phenols is 1. The molecule has 1 saturated heterocycles. The fraction of sp³-hybridized carbons (Fsp3) is 0.684. The molecule has 22 heavy (non-hydrogen) atoms. The third-order valence-corrected chi connectivity index (χ3v) is 5.33. The normalized spacial score (nSPS) is 25.4. The molecular formula is C19H29NO2. The molecule has 1 saturated carbocycles. The zero-order valence-electron chi connectivity index (χ0n) is 13.7. The summed E-state index contributed by atoms with van der Waals surface area (Å²) in [5.41, 5.74) is 1.50. The second-order valence-electron chi connectivity index (χ2n) is 7.20. The Labute approximate surface area is 134 Å². The van der Waals surface area contributed by atoms with E-state index in [1.165, 1.54) is 37.7 Å². The van der Waals surface area contributed by atoms with Gasteiger partial charge in [0.05, 0.1) is 5.60 Å². The van der Waals surface area contributed by atoms with Crippen LogP contribution in [0.2, 0.25) is 0 Å². The van der Waals surface area contributed by atoms with Crippen LogP contribution in [0.15, 0.2) is 24.3 Å². The Balaban J connectivity index is 1.45. The summed E-state index contributed by atoms with van der Waals surface area (Å²) in [6.07, 6.45) is 9.71. The van der Waals surface area contributed by atoms with E-state index in [-0.39, 0.29) is 5.60 Å². The van der Waals surface area contributed by atoms with Gasteiger partial charge in [-0.1, -0.05) is 25.0 Å². The van der Waals surface area contributed by atoms with Crippen LogP contribution in [0.4, 0.5) is 0 Å². The predicted octanol–water partition coefficient (Wildman–Crippen LogP) is 3.79. The topological polar surface area (TPSA) is 41.5 Å². The summed E-state index contributed by atoms with van der Waals surface area (Å²) in [5, 5.41) is 13.1. The van der Waals surface area contributed by atoms with Crippen LogP contribution in [0, 0.1) is 0 Å². The van der Waals surface area contributed by atoms with E-state index in [1.807, 2.05) is 12.1 Å². The summed E-state index contributed by atoms with van der Waals surface area (Å²) in [5.74, 6) is 0.346. The van der Waals surface area contributed by atoms with E-state index >= 15 is 0 Å². The molecule has 0 amide bonds. The van der Waals surface area contributed by atoms with Crippen molar-refractivity contribution in [3.05, 3.63) is 29.8 Å². The Kier molecular flexibility index (Phi) is 5.04. The van der Waals surface area contributed by atoms with E-state index in [1.54, 1.807) is 12.1 Å². The van der Waals surface area contributed by atoms with Crippen LogP contribution in [0.25, 0.3) is 0 Å². The number of hydrogen-bond acceptors (Lipinski definition) is 3. The molecule has 0 bridgehead atoms. The summed E-state index contributed by atoms with van der Waals surface area (Å²) < 4.78 is 6.12. The molecule has 1 spiro atoms. The molecule has 3 heteroatoms. The fourth-order valence-corrected chi connectivity index (χ4v) is 4.07. The van der Waals surface area contributed by atoms with Gasteiger partial charge >= 0.3 is 0 Å². The van der Waals surface area contributed by atoms with Gasteiger partial charge in [-0.05, 0) is 63.1 Å². The molecule has 1 aromatic carbocycles. The number of rotatable bonds is 5. The first-order valence-corrected chi connectivity index (χ1v) is 8.83. The molecule has 2 aliphatic rings. The van der Waals surface area contributed by atoms with Crippen molar-refractivity contribution in [2.75, 3.05) is 6.61 Å². The van der Waals surface area contributed by atoms with Gasteiger partial charge in [0.2, 0.25) is 0 Å². The highest BCUT2D eigenvalue weighted by molar-refractivity contribution is 5.25. The van der Waals surface area contributed by atoms with Crippen LogP contribution in [-0.4, -0.2) is 29.4 Å². The largest absolute Gasteiger partial charge is 0.508 e. The number of aryl methyl sites for hydroxylation is 1. The van der Waals surface area contributed by atoms with Crippen LogP contribution in [0.1, 0.15) is 57.4 Å². The molecular weight excluding hydrogens is 274 g/mol. The van der Waals surface area contributed by atoms with Crippen molar-refractivity contribution in [2.45, 2.75) is 76.0 Å². The standard InChI is InChI=1S/C19H29NO2/c1-15(4-5-16-6-8-18(21)9-7-16)20-17-10-13-22-19(14-17)11-2-3-12-19/h6-9,15,17,20-21H,2-5,10-14H2,1H3/t15-,17+/m0/s1. The van der Waals surface area contributed by atoms with Crippen molar-refractivity contribution >= 4 is 0 Å². The maximum absolute atomic E-state index is 9.33. The number of nitrogens with one attached hydrogen (secondary N) is 1. The van der Waals surface area contributed by atoms with E-state index in [9.17, 15) is 5.11 Å². The predicted molar refractivity (Wildman–Crippen MR) is 89.2 cm³/mol. The van der Waals surface area contributed by atoms with Gasteiger partial charge in [-0.3, -0.25) is 0 Å². The van der Waals surface area contributed by atoms with E-state index < -0.39 is 0 Å². The van der Waals surface area contributed by atoms with Crippen LogP contribution in [0.5, 0.6) is 5.75 Å². The van der Waals surface area contributed by atoms with E-state index in [2.05, 4.69) is 12.2 Å². The number of hydrogen-bond donors (Lipinski definition) is 2. The first-order valence-electron chi connectivity index (χ1n) is 8.83. The SMILES string of the molecule is C[C@@H](CCc1ccc(O)cc1)N[C@@H]1CCOC2(CCCC2)C1. The molecule has 1 heterocycles. The van der Waals surface area contributed by atoms with Gasteiger partial charge < -0.3 is 15.2 Å². The highest BCUT2D eigenvalue weighted by atomic mass is 16.5. The molecule has 1 aromatic rings. The van der Waals surface area contributed by atoms with Crippen LogP contribution in [-0.2, 0) is 11.2 Å². The van der Waals surface area contributed by atoms with E-state index in [0.717, 1.165) is 25.9 Å². The van der Waals surface area contributed by atoms with Crippen LogP contribution >= 0.6 is 0 Å². The van der Waals surface area contributed by atoms with Crippen LogP contribution < -0.4 is 5.32 Å². The second kappa shape index (κ2) is 7.01. The van der Waals surface area contributed by atoms with Gasteiger partial charge in [-0.2, -0.15) is 0 Å². The third kappa shape index (κ3) is 4.02. The van der Waals surface area contributed by atoms with Gasteiger partial charge in [0, 0.05) is 18.7 Å². The molecule has 2 atom stereocenters. The Morgan fingerprint density at radius 3 is 2.73 bits per heavy atom. The molecule has 3 rings (SSSR count). The molecule has 1 aliphatic heterocycles. The van der Waals surface area contributed by atoms with Gasteiger partial charge in [-0.25, -0.2) is 0 Å². The number of phenolic OH excluding ortho intramolecular Hbond substituents is 1. The Morgan fingerprint density at radius 1 is 1.27 bits per heavy atom. The Bertz CT molecular complexity index is 465. The molecule has 2 fully saturated rings. The Hall–Kier alpha value is -1.06.